The molecule has 1 saturated carbocycles. The summed E-state index contributed by atoms with van der Waals surface area (Å²) in [5, 5.41) is 0.945. The van der Waals surface area contributed by atoms with Crippen molar-refractivity contribution in [3.63, 3.8) is 0 Å². The van der Waals surface area contributed by atoms with E-state index in [4.69, 9.17) is 0 Å². The first kappa shape index (κ1) is 11.0. The van der Waals surface area contributed by atoms with Crippen LogP contribution in [0.3, 0.4) is 0 Å². The number of anilines is 1. The summed E-state index contributed by atoms with van der Waals surface area (Å²) in [6.45, 7) is 0. The Morgan fingerprint density at radius 1 is 1.27 bits per heavy atom. The van der Waals surface area contributed by atoms with E-state index in [1.165, 1.54) is 36.9 Å². The maximum Gasteiger partial charge on any atom is 0.0407 e. The standard InChI is InChI=1S/C13H18BrN/c1-15(12-7-3-4-8-12)13-9-5-2-6-11(13)10-14/h2,5-6,9,12H,3-4,7-8,10H2,1H3. The minimum atomic E-state index is 0.755. The highest BCUT2D eigenvalue weighted by Crippen LogP contribution is 2.29. The normalized spacial score (nSPS) is 16.9. The summed E-state index contributed by atoms with van der Waals surface area (Å²) in [7, 11) is 2.23. The van der Waals surface area contributed by atoms with Gasteiger partial charge in [-0.25, -0.2) is 0 Å². The third kappa shape index (κ3) is 2.36. The maximum atomic E-state index is 3.56. The molecule has 0 saturated heterocycles. The zero-order valence-corrected chi connectivity index (χ0v) is 10.8. The number of hydrogen-bond donors (Lipinski definition) is 0. The SMILES string of the molecule is CN(c1ccccc1CBr)C1CCCC1. The Labute approximate surface area is 101 Å². The topological polar surface area (TPSA) is 3.24 Å². The lowest BCUT2D eigenvalue weighted by Crippen LogP contribution is -2.29. The van der Waals surface area contributed by atoms with Gasteiger partial charge in [0.15, 0.2) is 0 Å². The van der Waals surface area contributed by atoms with Crippen molar-refractivity contribution in [1.82, 2.24) is 0 Å². The lowest BCUT2D eigenvalue weighted by atomic mass is 10.1. The number of hydrogen-bond acceptors (Lipinski definition) is 1. The van der Waals surface area contributed by atoms with E-state index in [0.717, 1.165) is 11.4 Å². The van der Waals surface area contributed by atoms with Crippen molar-refractivity contribution in [1.29, 1.82) is 0 Å². The van der Waals surface area contributed by atoms with Gasteiger partial charge in [-0.3, -0.25) is 0 Å². The fraction of sp³-hybridized carbons (Fsp3) is 0.538. The highest BCUT2D eigenvalue weighted by atomic mass is 79.9. The molecule has 1 nitrogen and oxygen atoms in total. The van der Waals surface area contributed by atoms with Gasteiger partial charge in [-0.1, -0.05) is 47.0 Å². The van der Waals surface area contributed by atoms with Gasteiger partial charge in [0.2, 0.25) is 0 Å². The van der Waals surface area contributed by atoms with Crippen LogP contribution in [0, 0.1) is 0 Å². The smallest absolute Gasteiger partial charge is 0.0407 e. The molecule has 0 spiro atoms. The van der Waals surface area contributed by atoms with Gasteiger partial charge < -0.3 is 4.90 Å². The molecule has 82 valence electrons. The van der Waals surface area contributed by atoms with Crippen LogP contribution in [0.5, 0.6) is 0 Å². The number of halogens is 1. The summed E-state index contributed by atoms with van der Waals surface area (Å²) in [6, 6.07) is 9.44. The van der Waals surface area contributed by atoms with Crippen molar-refractivity contribution in [3.05, 3.63) is 29.8 Å². The zero-order valence-electron chi connectivity index (χ0n) is 9.25. The van der Waals surface area contributed by atoms with Crippen molar-refractivity contribution in [2.24, 2.45) is 0 Å². The Hall–Kier alpha value is -0.500. The molecule has 0 radical (unpaired) electrons. The Balaban J connectivity index is 2.19. The molecular formula is C13H18BrN. The van der Waals surface area contributed by atoms with Gasteiger partial charge in [0.25, 0.3) is 0 Å². The van der Waals surface area contributed by atoms with Crippen LogP contribution >= 0.6 is 15.9 Å². The van der Waals surface area contributed by atoms with Gasteiger partial charge >= 0.3 is 0 Å². The second-order valence-electron chi connectivity index (χ2n) is 4.31. The molecule has 0 aliphatic heterocycles. The van der Waals surface area contributed by atoms with E-state index in [1.54, 1.807) is 0 Å². The van der Waals surface area contributed by atoms with Gasteiger partial charge in [0, 0.05) is 24.1 Å². The number of nitrogens with zero attached hydrogens (tertiary/aromatic N) is 1. The molecule has 15 heavy (non-hydrogen) atoms. The summed E-state index contributed by atoms with van der Waals surface area (Å²) >= 11 is 3.56. The Kier molecular flexibility index (Phi) is 3.68. The second kappa shape index (κ2) is 5.02. The quantitative estimate of drug-likeness (QED) is 0.750. The van der Waals surface area contributed by atoms with Gasteiger partial charge in [0.1, 0.15) is 0 Å². The zero-order chi connectivity index (χ0) is 10.7. The molecule has 0 heterocycles. The van der Waals surface area contributed by atoms with E-state index in [1.807, 2.05) is 0 Å². The summed E-state index contributed by atoms with van der Waals surface area (Å²) in [5.74, 6) is 0. The molecule has 1 aromatic carbocycles. The first-order valence-corrected chi connectivity index (χ1v) is 6.82. The Morgan fingerprint density at radius 3 is 2.60 bits per heavy atom. The minimum absolute atomic E-state index is 0.755. The molecule has 0 aromatic heterocycles. The molecule has 1 aromatic rings. The molecule has 0 bridgehead atoms. The van der Waals surface area contributed by atoms with Crippen LogP contribution in [-0.4, -0.2) is 13.1 Å². The fourth-order valence-electron chi connectivity index (χ4n) is 2.46. The molecule has 2 rings (SSSR count). The second-order valence-corrected chi connectivity index (χ2v) is 4.87. The monoisotopic (exact) mass is 267 g/mol. The van der Waals surface area contributed by atoms with E-state index in [0.29, 0.717) is 0 Å². The molecule has 1 aliphatic rings. The molecule has 1 aliphatic carbocycles. The predicted octanol–water partition coefficient (Wildman–Crippen LogP) is 3.96. The van der Waals surface area contributed by atoms with E-state index >= 15 is 0 Å². The fourth-order valence-corrected chi connectivity index (χ4v) is 2.93. The first-order valence-electron chi connectivity index (χ1n) is 5.69. The highest BCUT2D eigenvalue weighted by molar-refractivity contribution is 9.08. The van der Waals surface area contributed by atoms with Crippen molar-refractivity contribution in [3.8, 4) is 0 Å². The minimum Gasteiger partial charge on any atom is -0.371 e. The molecule has 0 amide bonds. The van der Waals surface area contributed by atoms with Gasteiger partial charge in [-0.05, 0) is 24.5 Å². The molecule has 1 fully saturated rings. The van der Waals surface area contributed by atoms with Crippen LogP contribution in [0.15, 0.2) is 24.3 Å². The average molecular weight is 268 g/mol. The molecule has 0 atom stereocenters. The third-order valence-corrected chi connectivity index (χ3v) is 3.99. The van der Waals surface area contributed by atoms with Crippen LogP contribution in [0.4, 0.5) is 5.69 Å². The van der Waals surface area contributed by atoms with Crippen molar-refractivity contribution >= 4 is 21.6 Å². The molecule has 0 N–H and O–H groups in total. The van der Waals surface area contributed by atoms with Crippen molar-refractivity contribution in [2.75, 3.05) is 11.9 Å². The van der Waals surface area contributed by atoms with Crippen LogP contribution in [0.2, 0.25) is 0 Å². The van der Waals surface area contributed by atoms with E-state index in [9.17, 15) is 0 Å². The van der Waals surface area contributed by atoms with Gasteiger partial charge in [-0.2, -0.15) is 0 Å². The largest absolute Gasteiger partial charge is 0.371 e. The van der Waals surface area contributed by atoms with Crippen LogP contribution in [-0.2, 0) is 5.33 Å². The number of benzene rings is 1. The third-order valence-electron chi connectivity index (χ3n) is 3.39. The highest BCUT2D eigenvalue weighted by Gasteiger charge is 2.20. The first-order chi connectivity index (χ1) is 7.33. The molecule has 2 heteroatoms. The number of para-hydroxylation sites is 1. The predicted molar refractivity (Wildman–Crippen MR) is 69.7 cm³/mol. The van der Waals surface area contributed by atoms with E-state index in [-0.39, 0.29) is 0 Å². The summed E-state index contributed by atoms with van der Waals surface area (Å²) in [4.78, 5) is 2.46. The van der Waals surface area contributed by atoms with Crippen molar-refractivity contribution < 1.29 is 0 Å². The summed E-state index contributed by atoms with van der Waals surface area (Å²) < 4.78 is 0. The Bertz CT molecular complexity index is 318. The summed E-state index contributed by atoms with van der Waals surface area (Å²) in [6.07, 6.45) is 5.50. The van der Waals surface area contributed by atoms with E-state index < -0.39 is 0 Å². The Morgan fingerprint density at radius 2 is 1.93 bits per heavy atom. The van der Waals surface area contributed by atoms with Crippen LogP contribution in [0.1, 0.15) is 31.2 Å². The molecule has 0 unspecified atom stereocenters. The number of rotatable bonds is 3. The van der Waals surface area contributed by atoms with E-state index in [2.05, 4.69) is 52.1 Å². The van der Waals surface area contributed by atoms with Gasteiger partial charge in [-0.15, -0.1) is 0 Å². The molecular weight excluding hydrogens is 250 g/mol. The van der Waals surface area contributed by atoms with Crippen LogP contribution in [0.25, 0.3) is 0 Å². The summed E-state index contributed by atoms with van der Waals surface area (Å²) in [5.41, 5.74) is 2.79. The maximum absolute atomic E-state index is 3.56. The lowest BCUT2D eigenvalue weighted by molar-refractivity contribution is 0.652. The lowest BCUT2D eigenvalue weighted by Gasteiger charge is -2.28. The number of alkyl halides is 1. The van der Waals surface area contributed by atoms with Gasteiger partial charge in [0.05, 0.1) is 0 Å². The van der Waals surface area contributed by atoms with Crippen LogP contribution < -0.4 is 4.90 Å². The van der Waals surface area contributed by atoms with Crippen molar-refractivity contribution in [2.45, 2.75) is 37.1 Å². The average Bonchev–Trinajstić information content (AvgIpc) is 2.81.